The molecule has 0 spiro atoms. The number of aromatic nitrogens is 2. The molecule has 2 heterocycles. The van der Waals surface area contributed by atoms with E-state index in [2.05, 4.69) is 65.7 Å². The average Bonchev–Trinajstić information content (AvgIpc) is 2.89. The molecule has 2 aromatic heterocycles. The summed E-state index contributed by atoms with van der Waals surface area (Å²) in [5.41, 5.74) is 15.4. The minimum absolute atomic E-state index is 0. The largest absolute Gasteiger partial charge is 0.396 e. The third-order valence-corrected chi connectivity index (χ3v) is 7.03. The van der Waals surface area contributed by atoms with Gasteiger partial charge in [-0.05, 0) is 37.1 Å². The Morgan fingerprint density at radius 3 is 2.03 bits per heavy atom. The fourth-order valence-electron chi connectivity index (χ4n) is 3.65. The van der Waals surface area contributed by atoms with E-state index in [1.165, 1.54) is 0 Å². The highest BCUT2D eigenvalue weighted by atomic mass is 79.9. The van der Waals surface area contributed by atoms with Crippen molar-refractivity contribution in [2.75, 3.05) is 24.6 Å². The van der Waals surface area contributed by atoms with Gasteiger partial charge in [-0.25, -0.2) is 4.98 Å². The van der Waals surface area contributed by atoms with Crippen LogP contribution in [0.2, 0.25) is 5.15 Å². The highest BCUT2D eigenvalue weighted by Gasteiger charge is 2.10. The lowest BCUT2D eigenvalue weighted by Gasteiger charge is -2.07. The second-order valence-electron chi connectivity index (χ2n) is 8.64. The van der Waals surface area contributed by atoms with Gasteiger partial charge in [0.25, 0.3) is 5.56 Å². The Labute approximate surface area is 251 Å². The molecule has 0 atom stereocenters. The van der Waals surface area contributed by atoms with Crippen LogP contribution in [0.15, 0.2) is 60.1 Å². The van der Waals surface area contributed by atoms with Gasteiger partial charge < -0.3 is 16.5 Å². The summed E-state index contributed by atoms with van der Waals surface area (Å²) in [6.07, 6.45) is 7.82. The Hall–Kier alpha value is -2.75. The number of benzene rings is 2. The smallest absolute Gasteiger partial charge is 0.272 e. The van der Waals surface area contributed by atoms with Crippen molar-refractivity contribution in [2.24, 2.45) is 9.98 Å². The molecule has 2 aromatic carbocycles. The van der Waals surface area contributed by atoms with Crippen LogP contribution in [0.3, 0.4) is 0 Å². The molecule has 4 rings (SSSR count). The molecule has 4 aromatic rings. The molecular weight excluding hydrogens is 644 g/mol. The predicted octanol–water partition coefficient (Wildman–Crippen LogP) is 8.18. The molecule has 0 aliphatic carbocycles. The Morgan fingerprint density at radius 1 is 0.897 bits per heavy atom. The lowest BCUT2D eigenvalue weighted by Crippen LogP contribution is -2.15. The number of nitrogens with two attached hydrogens (primary N) is 2. The maximum absolute atomic E-state index is 11.8. The first-order chi connectivity index (χ1) is 18.3. The molecule has 0 aliphatic heterocycles. The van der Waals surface area contributed by atoms with Crippen LogP contribution in [-0.2, 0) is 0 Å². The van der Waals surface area contributed by atoms with Gasteiger partial charge in [-0.15, -0.1) is 0 Å². The van der Waals surface area contributed by atoms with Crippen molar-refractivity contribution in [3.05, 3.63) is 72.0 Å². The van der Waals surface area contributed by atoms with Gasteiger partial charge in [0.15, 0.2) is 5.15 Å². The van der Waals surface area contributed by atoms with Gasteiger partial charge in [0.1, 0.15) is 5.69 Å². The van der Waals surface area contributed by atoms with E-state index in [0.29, 0.717) is 16.4 Å². The average molecular weight is 679 g/mol. The Morgan fingerprint density at radius 2 is 1.44 bits per heavy atom. The van der Waals surface area contributed by atoms with Crippen LogP contribution in [0.1, 0.15) is 58.1 Å². The zero-order valence-corrected chi connectivity index (χ0v) is 25.3. The lowest BCUT2D eigenvalue weighted by molar-refractivity contribution is 0.810. The standard InChI is InChI=1S/C14H15BrClN3.C14H16BrN3O.CH4/c1-2-3-6-18-8-11-10-5-4-9(15)7-12(10)19-14(16)13(11)17;1-2-3-6-17-8-11-10-5-4-9(15)7-12(10)18-14(19)13(11)16;/h4-5,7-8H,2-3,6,17H2,1H3;4-5,7-8H,2-3,6,16H2,1H3,(H,18,19);1H4. The van der Waals surface area contributed by atoms with Crippen LogP contribution in [0.5, 0.6) is 0 Å². The molecule has 39 heavy (non-hydrogen) atoms. The van der Waals surface area contributed by atoms with Crippen LogP contribution in [0.4, 0.5) is 11.4 Å². The zero-order chi connectivity index (χ0) is 27.7. The quantitative estimate of drug-likeness (QED) is 0.0988. The molecule has 0 saturated heterocycles. The lowest BCUT2D eigenvalue weighted by atomic mass is 10.1. The van der Waals surface area contributed by atoms with Gasteiger partial charge in [-0.3, -0.25) is 14.8 Å². The fourth-order valence-corrected chi connectivity index (χ4v) is 4.55. The van der Waals surface area contributed by atoms with Crippen LogP contribution in [0, 0.1) is 0 Å². The summed E-state index contributed by atoms with van der Waals surface area (Å²) in [6.45, 7) is 5.80. The van der Waals surface area contributed by atoms with Crippen molar-refractivity contribution in [2.45, 2.75) is 47.0 Å². The van der Waals surface area contributed by atoms with Gasteiger partial charge >= 0.3 is 0 Å². The number of hydrogen-bond acceptors (Lipinski definition) is 6. The number of aliphatic imine (C=N–C) groups is 2. The number of hydrogen-bond donors (Lipinski definition) is 3. The van der Waals surface area contributed by atoms with E-state index in [0.717, 1.165) is 75.1 Å². The summed E-state index contributed by atoms with van der Waals surface area (Å²) >= 11 is 12.9. The number of H-pyrrole nitrogens is 1. The number of aromatic amines is 1. The topological polar surface area (TPSA) is 123 Å². The maximum Gasteiger partial charge on any atom is 0.272 e. The number of nitrogens with zero attached hydrogens (tertiary/aromatic N) is 3. The summed E-state index contributed by atoms with van der Waals surface area (Å²) in [6, 6.07) is 11.6. The second kappa shape index (κ2) is 15.7. The number of rotatable bonds is 8. The highest BCUT2D eigenvalue weighted by Crippen LogP contribution is 2.29. The van der Waals surface area contributed by atoms with E-state index < -0.39 is 0 Å². The minimum atomic E-state index is -0.275. The molecule has 0 radical (unpaired) electrons. The van der Waals surface area contributed by atoms with Crippen molar-refractivity contribution < 1.29 is 0 Å². The highest BCUT2D eigenvalue weighted by molar-refractivity contribution is 9.10. The summed E-state index contributed by atoms with van der Waals surface area (Å²) in [4.78, 5) is 27.6. The number of nitrogen functional groups attached to an aromatic ring is 2. The summed E-state index contributed by atoms with van der Waals surface area (Å²) < 4.78 is 1.87. The Bertz CT molecular complexity index is 1530. The number of nitrogens with one attached hydrogen (secondary N) is 1. The summed E-state index contributed by atoms with van der Waals surface area (Å²) in [7, 11) is 0. The van der Waals surface area contributed by atoms with Gasteiger partial charge in [0.05, 0.1) is 16.7 Å². The minimum Gasteiger partial charge on any atom is -0.396 e. The first-order valence-electron chi connectivity index (χ1n) is 12.4. The van der Waals surface area contributed by atoms with Crippen molar-refractivity contribution >= 4 is 89.1 Å². The number of unbranched alkanes of at least 4 members (excludes halogenated alkanes) is 2. The van der Waals surface area contributed by atoms with Crippen molar-refractivity contribution in [3.8, 4) is 0 Å². The number of pyridine rings is 2. The molecule has 0 unspecified atom stereocenters. The molecule has 0 amide bonds. The number of fused-ring (bicyclic) bond motifs is 2. The zero-order valence-electron chi connectivity index (χ0n) is 21.4. The van der Waals surface area contributed by atoms with E-state index in [9.17, 15) is 4.79 Å². The van der Waals surface area contributed by atoms with Crippen molar-refractivity contribution in [1.29, 1.82) is 0 Å². The van der Waals surface area contributed by atoms with E-state index in [-0.39, 0.29) is 18.7 Å². The van der Waals surface area contributed by atoms with Crippen molar-refractivity contribution in [3.63, 3.8) is 0 Å². The normalized spacial score (nSPS) is 11.2. The molecule has 0 aliphatic rings. The molecule has 0 bridgehead atoms. The number of halogens is 3. The van der Waals surface area contributed by atoms with Gasteiger partial charge in [0.2, 0.25) is 0 Å². The Balaban J connectivity index is 0.000000267. The monoisotopic (exact) mass is 676 g/mol. The number of anilines is 2. The predicted molar refractivity (Wildman–Crippen MR) is 177 cm³/mol. The van der Waals surface area contributed by atoms with Gasteiger partial charge in [-0.2, -0.15) is 0 Å². The molecular formula is C29H35Br2ClN6O. The van der Waals surface area contributed by atoms with Crippen LogP contribution in [0.25, 0.3) is 21.8 Å². The third-order valence-electron chi connectivity index (χ3n) is 5.76. The van der Waals surface area contributed by atoms with E-state index in [1.54, 1.807) is 12.4 Å². The first-order valence-corrected chi connectivity index (χ1v) is 14.4. The fraction of sp³-hybridized carbons (Fsp3) is 0.310. The first kappa shape index (κ1) is 32.5. The van der Waals surface area contributed by atoms with E-state index >= 15 is 0 Å². The third kappa shape index (κ3) is 8.62. The molecule has 7 nitrogen and oxygen atoms in total. The second-order valence-corrected chi connectivity index (χ2v) is 10.8. The summed E-state index contributed by atoms with van der Waals surface area (Å²) in [5.74, 6) is 0. The van der Waals surface area contributed by atoms with Crippen LogP contribution < -0.4 is 17.0 Å². The van der Waals surface area contributed by atoms with Gasteiger partial charge in [-0.1, -0.05) is 89.7 Å². The van der Waals surface area contributed by atoms with Crippen LogP contribution in [-0.4, -0.2) is 35.5 Å². The van der Waals surface area contributed by atoms with Crippen molar-refractivity contribution in [1.82, 2.24) is 9.97 Å². The van der Waals surface area contributed by atoms with E-state index in [4.69, 9.17) is 23.1 Å². The van der Waals surface area contributed by atoms with Gasteiger partial charge in [0, 0.05) is 56.4 Å². The maximum atomic E-state index is 11.8. The molecule has 10 heteroatoms. The SMILES string of the molecule is C.CCCCN=Cc1c(N)c(=O)[nH]c2cc(Br)ccc12.CCCCN=Cc1c(N)c(Cl)nc2cc(Br)ccc12. The Kier molecular flexibility index (Phi) is 13.1. The molecule has 5 N–H and O–H groups in total. The summed E-state index contributed by atoms with van der Waals surface area (Å²) in [5, 5.41) is 2.19. The molecule has 0 saturated carbocycles. The molecule has 0 fully saturated rings. The molecule has 208 valence electrons. The van der Waals surface area contributed by atoms with Crippen LogP contribution >= 0.6 is 43.5 Å². The van der Waals surface area contributed by atoms with E-state index in [1.807, 2.05) is 36.4 Å².